The van der Waals surface area contributed by atoms with Gasteiger partial charge < -0.3 is 10.0 Å². The molecule has 2 nitrogen and oxygen atoms in total. The first-order valence-electron chi connectivity index (χ1n) is 10.5. The van der Waals surface area contributed by atoms with E-state index >= 15 is 0 Å². The third-order valence-corrected chi connectivity index (χ3v) is 7.30. The Morgan fingerprint density at radius 2 is 1.57 bits per heavy atom. The molecule has 0 radical (unpaired) electrons. The Morgan fingerprint density at radius 1 is 0.929 bits per heavy atom. The van der Waals surface area contributed by atoms with Gasteiger partial charge in [0, 0.05) is 16.6 Å². The summed E-state index contributed by atoms with van der Waals surface area (Å²) in [6.07, 6.45) is 3.84. The van der Waals surface area contributed by atoms with E-state index in [1.165, 1.54) is 5.56 Å². The van der Waals surface area contributed by atoms with Crippen LogP contribution >= 0.6 is 23.2 Å². The van der Waals surface area contributed by atoms with Crippen LogP contribution in [-0.4, -0.2) is 29.6 Å². The molecule has 2 aliphatic rings. The van der Waals surface area contributed by atoms with Crippen LogP contribution < -0.4 is 0 Å². The third kappa shape index (κ3) is 4.26. The summed E-state index contributed by atoms with van der Waals surface area (Å²) in [5, 5.41) is 12.4. The molecule has 4 rings (SSSR count). The summed E-state index contributed by atoms with van der Waals surface area (Å²) < 4.78 is 0. The van der Waals surface area contributed by atoms with E-state index in [1.54, 1.807) is 0 Å². The maximum absolute atomic E-state index is 10.8. The molecule has 0 aromatic heterocycles. The number of likely N-dealkylation sites (tertiary alicyclic amines) is 1. The molecule has 0 bridgehead atoms. The smallest absolute Gasteiger partial charge is 0.0795 e. The largest absolute Gasteiger partial charge is 0.388 e. The Morgan fingerprint density at radius 3 is 2.25 bits per heavy atom. The standard InChI is InChI=1S/C24H29Cl2NO/c1-16-13-17(14-23(28)20-6-3-2-5-19(16)20)15-27-11-9-18(10-12-27)24-21(25)7-4-8-22(24)26/h2-8,16-18,23,28H,9-15H2,1H3/t16-,17+,23?/m1/s1. The van der Waals surface area contributed by atoms with Gasteiger partial charge in [-0.3, -0.25) is 0 Å². The van der Waals surface area contributed by atoms with Gasteiger partial charge in [-0.15, -0.1) is 0 Å². The first kappa shape index (κ1) is 20.2. The maximum atomic E-state index is 10.8. The van der Waals surface area contributed by atoms with Gasteiger partial charge in [0.2, 0.25) is 0 Å². The van der Waals surface area contributed by atoms with Crippen molar-refractivity contribution >= 4 is 23.2 Å². The number of aliphatic hydroxyl groups is 1. The number of hydrogen-bond donors (Lipinski definition) is 1. The van der Waals surface area contributed by atoms with E-state index in [2.05, 4.69) is 30.0 Å². The van der Waals surface area contributed by atoms with Gasteiger partial charge in [-0.1, -0.05) is 60.5 Å². The molecule has 1 N–H and O–H groups in total. The number of nitrogens with zero attached hydrogens (tertiary/aromatic N) is 1. The zero-order valence-corrected chi connectivity index (χ0v) is 18.0. The zero-order valence-electron chi connectivity index (χ0n) is 16.5. The molecular formula is C24H29Cl2NO. The van der Waals surface area contributed by atoms with E-state index in [0.29, 0.717) is 17.8 Å². The second kappa shape index (κ2) is 8.75. The van der Waals surface area contributed by atoms with Crippen molar-refractivity contribution in [2.75, 3.05) is 19.6 Å². The summed E-state index contributed by atoms with van der Waals surface area (Å²) in [4.78, 5) is 2.57. The van der Waals surface area contributed by atoms with E-state index in [4.69, 9.17) is 23.2 Å². The Bertz CT molecular complexity index is 765. The number of fused-ring (bicyclic) bond motifs is 1. The van der Waals surface area contributed by atoms with Gasteiger partial charge in [0.1, 0.15) is 0 Å². The van der Waals surface area contributed by atoms with Crippen LogP contribution in [0.25, 0.3) is 0 Å². The van der Waals surface area contributed by atoms with Crippen LogP contribution in [0, 0.1) is 5.92 Å². The van der Waals surface area contributed by atoms with Crippen molar-refractivity contribution in [3.05, 3.63) is 69.2 Å². The van der Waals surface area contributed by atoms with Crippen LogP contribution in [-0.2, 0) is 0 Å². The zero-order chi connectivity index (χ0) is 19.7. The predicted octanol–water partition coefficient (Wildman–Crippen LogP) is 6.42. The second-order valence-corrected chi connectivity index (χ2v) is 9.41. The lowest BCUT2D eigenvalue weighted by molar-refractivity contribution is 0.116. The van der Waals surface area contributed by atoms with Crippen LogP contribution in [0.1, 0.15) is 67.2 Å². The van der Waals surface area contributed by atoms with Gasteiger partial charge in [-0.2, -0.15) is 0 Å². The quantitative estimate of drug-likeness (QED) is 0.582. The van der Waals surface area contributed by atoms with Crippen molar-refractivity contribution < 1.29 is 5.11 Å². The van der Waals surface area contributed by atoms with Crippen LogP contribution in [0.2, 0.25) is 10.0 Å². The summed E-state index contributed by atoms with van der Waals surface area (Å²) >= 11 is 12.8. The molecule has 1 heterocycles. The predicted molar refractivity (Wildman–Crippen MR) is 117 cm³/mol. The minimum Gasteiger partial charge on any atom is -0.388 e. The number of halogens is 2. The summed E-state index contributed by atoms with van der Waals surface area (Å²) in [5.74, 6) is 1.47. The van der Waals surface area contributed by atoms with Crippen molar-refractivity contribution in [3.8, 4) is 0 Å². The lowest BCUT2D eigenvalue weighted by Gasteiger charge is -2.35. The van der Waals surface area contributed by atoms with Crippen molar-refractivity contribution in [1.29, 1.82) is 0 Å². The fourth-order valence-electron chi connectivity index (χ4n) is 5.25. The van der Waals surface area contributed by atoms with Crippen molar-refractivity contribution in [1.82, 2.24) is 4.90 Å². The van der Waals surface area contributed by atoms with Gasteiger partial charge in [0.25, 0.3) is 0 Å². The molecule has 4 heteroatoms. The molecule has 0 spiro atoms. The van der Waals surface area contributed by atoms with Crippen LogP contribution in [0.15, 0.2) is 42.5 Å². The monoisotopic (exact) mass is 417 g/mol. The Balaban J connectivity index is 1.38. The molecule has 0 amide bonds. The molecule has 2 aromatic rings. The van der Waals surface area contributed by atoms with Crippen molar-refractivity contribution in [2.24, 2.45) is 5.92 Å². The lowest BCUT2D eigenvalue weighted by atomic mass is 9.87. The summed E-state index contributed by atoms with van der Waals surface area (Å²) in [6, 6.07) is 14.2. The van der Waals surface area contributed by atoms with Crippen LogP contribution in [0.5, 0.6) is 0 Å². The van der Waals surface area contributed by atoms with E-state index in [1.807, 2.05) is 24.3 Å². The molecule has 1 fully saturated rings. The Hall–Kier alpha value is -1.06. The highest BCUT2D eigenvalue weighted by molar-refractivity contribution is 6.36. The van der Waals surface area contributed by atoms with Crippen molar-refractivity contribution in [3.63, 3.8) is 0 Å². The van der Waals surface area contributed by atoms with Crippen molar-refractivity contribution in [2.45, 2.75) is 50.5 Å². The van der Waals surface area contributed by atoms with E-state index in [0.717, 1.165) is 66.5 Å². The summed E-state index contributed by atoms with van der Waals surface area (Å²) in [7, 11) is 0. The fourth-order valence-corrected chi connectivity index (χ4v) is 5.95. The second-order valence-electron chi connectivity index (χ2n) is 8.59. The molecule has 3 atom stereocenters. The van der Waals surface area contributed by atoms with E-state index in [-0.39, 0.29) is 6.10 Å². The number of piperidine rings is 1. The first-order valence-corrected chi connectivity index (χ1v) is 11.2. The maximum Gasteiger partial charge on any atom is 0.0795 e. The molecule has 0 saturated carbocycles. The summed E-state index contributed by atoms with van der Waals surface area (Å²) in [6.45, 7) is 5.51. The lowest BCUT2D eigenvalue weighted by Crippen LogP contribution is -2.37. The van der Waals surface area contributed by atoms with Gasteiger partial charge in [-0.05, 0) is 85.3 Å². The number of aliphatic hydroxyl groups excluding tert-OH is 1. The molecule has 1 saturated heterocycles. The van der Waals surface area contributed by atoms with Gasteiger partial charge in [0.05, 0.1) is 6.10 Å². The van der Waals surface area contributed by atoms with Gasteiger partial charge >= 0.3 is 0 Å². The third-order valence-electron chi connectivity index (χ3n) is 6.64. The Labute approximate surface area is 178 Å². The molecule has 28 heavy (non-hydrogen) atoms. The average Bonchev–Trinajstić information content (AvgIpc) is 2.80. The minimum absolute atomic E-state index is 0.342. The van der Waals surface area contributed by atoms with Crippen LogP contribution in [0.4, 0.5) is 0 Å². The highest BCUT2D eigenvalue weighted by Crippen LogP contribution is 2.40. The number of rotatable bonds is 3. The summed E-state index contributed by atoms with van der Waals surface area (Å²) in [5.41, 5.74) is 3.58. The minimum atomic E-state index is -0.342. The normalized spacial score (nSPS) is 26.6. The molecule has 1 aliphatic heterocycles. The fraction of sp³-hybridized carbons (Fsp3) is 0.500. The van der Waals surface area contributed by atoms with Crippen LogP contribution in [0.3, 0.4) is 0 Å². The molecule has 1 unspecified atom stereocenters. The Kier molecular flexibility index (Phi) is 6.32. The average molecular weight is 418 g/mol. The van der Waals surface area contributed by atoms with E-state index in [9.17, 15) is 5.11 Å². The van der Waals surface area contributed by atoms with E-state index < -0.39 is 0 Å². The molecule has 2 aromatic carbocycles. The molecular weight excluding hydrogens is 389 g/mol. The highest BCUT2D eigenvalue weighted by atomic mass is 35.5. The number of hydrogen-bond acceptors (Lipinski definition) is 2. The highest BCUT2D eigenvalue weighted by Gasteiger charge is 2.30. The number of benzene rings is 2. The topological polar surface area (TPSA) is 23.5 Å². The molecule has 1 aliphatic carbocycles. The SMILES string of the molecule is C[C@@H]1C[C@H](CN2CCC(c3c(Cl)cccc3Cl)CC2)CC(O)c2ccccc21. The molecule has 150 valence electrons. The van der Waals surface area contributed by atoms with Gasteiger partial charge in [-0.25, -0.2) is 0 Å². The van der Waals surface area contributed by atoms with Gasteiger partial charge in [0.15, 0.2) is 0 Å². The first-order chi connectivity index (χ1) is 13.5.